The minimum absolute atomic E-state index is 0.795. The largest absolute Gasteiger partial charge is 0.377 e. The summed E-state index contributed by atoms with van der Waals surface area (Å²) in [6, 6.07) is 0. The Morgan fingerprint density at radius 1 is 0.750 bits per heavy atom. The third-order valence-corrected chi connectivity index (χ3v) is 1.95. The lowest BCUT2D eigenvalue weighted by atomic mass is 10.2. The van der Waals surface area contributed by atoms with Crippen LogP contribution >= 0.6 is 0 Å². The van der Waals surface area contributed by atoms with Crippen molar-refractivity contribution in [1.29, 1.82) is 0 Å². The van der Waals surface area contributed by atoms with Crippen LogP contribution in [0.5, 0.6) is 0 Å². The first-order valence-electron chi connectivity index (χ1n) is 4.88. The van der Waals surface area contributed by atoms with Gasteiger partial charge in [-0.3, -0.25) is 0 Å². The molecule has 0 atom stereocenters. The monoisotopic (exact) mass is 166 g/mol. The van der Waals surface area contributed by atoms with Gasteiger partial charge in [0.1, 0.15) is 0 Å². The van der Waals surface area contributed by atoms with Crippen LogP contribution in [0.2, 0.25) is 0 Å². The molecular weight excluding hydrogens is 148 g/mol. The molecule has 0 saturated carbocycles. The predicted octanol–water partition coefficient (Wildman–Crippen LogP) is 3.08. The second-order valence-electron chi connectivity index (χ2n) is 3.09. The molecule has 0 aliphatic carbocycles. The zero-order valence-corrected chi connectivity index (χ0v) is 7.67. The summed E-state index contributed by atoms with van der Waals surface area (Å²) in [7, 11) is 0. The highest BCUT2D eigenvalue weighted by molar-refractivity contribution is 4.86. The number of rotatable bonds is 0. The molecule has 68 valence electrons. The van der Waals surface area contributed by atoms with E-state index in [1.807, 2.05) is 0 Å². The molecule has 0 amide bonds. The smallest absolute Gasteiger partial charge is 0.0647 e. The van der Waals surface area contributed by atoms with Gasteiger partial charge in [0.15, 0.2) is 0 Å². The number of ether oxygens (including phenoxy) is 1. The van der Waals surface area contributed by atoms with Crippen molar-refractivity contribution in [2.24, 2.45) is 0 Å². The third kappa shape index (κ3) is 5.14. The minimum atomic E-state index is 0.795. The molecule has 1 aliphatic heterocycles. The lowest BCUT2D eigenvalue weighted by Crippen LogP contribution is -1.93. The van der Waals surface area contributed by atoms with Crippen LogP contribution in [0.25, 0.3) is 0 Å². The van der Waals surface area contributed by atoms with Crippen LogP contribution in [0.3, 0.4) is 0 Å². The van der Waals surface area contributed by atoms with E-state index in [2.05, 4.69) is 24.3 Å². The molecule has 0 saturated heterocycles. The summed E-state index contributed by atoms with van der Waals surface area (Å²) < 4.78 is 5.39. The van der Waals surface area contributed by atoms with Crippen molar-refractivity contribution < 1.29 is 4.74 Å². The van der Waals surface area contributed by atoms with Crippen LogP contribution in [-0.2, 0) is 4.74 Å². The molecule has 12 heavy (non-hydrogen) atoms. The Hall–Kier alpha value is -0.560. The van der Waals surface area contributed by atoms with Crippen molar-refractivity contribution in [2.75, 3.05) is 13.2 Å². The standard InChI is InChI=1S/C11H18O/c1-2-4-6-8-10-12-11-9-7-5-3-1/h2,4,7,9H,1,3,5-6,8,10-11H2. The normalized spacial score (nSPS) is 21.3. The maximum absolute atomic E-state index is 5.39. The third-order valence-electron chi connectivity index (χ3n) is 1.95. The zero-order valence-electron chi connectivity index (χ0n) is 7.67. The van der Waals surface area contributed by atoms with Crippen molar-refractivity contribution in [3.63, 3.8) is 0 Å². The summed E-state index contributed by atoms with van der Waals surface area (Å²) >= 11 is 0. The van der Waals surface area contributed by atoms with Crippen LogP contribution < -0.4 is 0 Å². The summed E-state index contributed by atoms with van der Waals surface area (Å²) in [6.45, 7) is 1.69. The first kappa shape index (κ1) is 9.53. The number of hydrogen-bond acceptors (Lipinski definition) is 1. The minimum Gasteiger partial charge on any atom is -0.377 e. The highest BCUT2D eigenvalue weighted by Gasteiger charge is 1.87. The second-order valence-corrected chi connectivity index (χ2v) is 3.09. The van der Waals surface area contributed by atoms with Crippen LogP contribution in [0.4, 0.5) is 0 Å². The first-order chi connectivity index (χ1) is 6.00. The lowest BCUT2D eigenvalue weighted by molar-refractivity contribution is 0.160. The molecular formula is C11H18O. The molecule has 1 rings (SSSR count). The quantitative estimate of drug-likeness (QED) is 0.502. The summed E-state index contributed by atoms with van der Waals surface area (Å²) in [5.74, 6) is 0. The van der Waals surface area contributed by atoms with Crippen molar-refractivity contribution in [3.05, 3.63) is 24.3 Å². The molecule has 0 aromatic carbocycles. The topological polar surface area (TPSA) is 9.23 Å². The number of allylic oxidation sites excluding steroid dienone is 3. The van der Waals surface area contributed by atoms with Crippen LogP contribution in [0.15, 0.2) is 24.3 Å². The summed E-state index contributed by atoms with van der Waals surface area (Å²) in [5, 5.41) is 0. The van der Waals surface area contributed by atoms with Crippen molar-refractivity contribution in [3.8, 4) is 0 Å². The van der Waals surface area contributed by atoms with Gasteiger partial charge < -0.3 is 4.74 Å². The Balaban J connectivity index is 2.19. The second kappa shape index (κ2) is 7.11. The van der Waals surface area contributed by atoms with Gasteiger partial charge >= 0.3 is 0 Å². The average Bonchev–Trinajstić information content (AvgIpc) is 2.05. The van der Waals surface area contributed by atoms with Crippen LogP contribution in [-0.4, -0.2) is 13.2 Å². The first-order valence-corrected chi connectivity index (χ1v) is 4.88. The number of hydrogen-bond donors (Lipinski definition) is 0. The van der Waals surface area contributed by atoms with E-state index in [1.165, 1.54) is 25.7 Å². The van der Waals surface area contributed by atoms with Gasteiger partial charge in [0.25, 0.3) is 0 Å². The maximum Gasteiger partial charge on any atom is 0.0647 e. The van der Waals surface area contributed by atoms with Gasteiger partial charge in [-0.25, -0.2) is 0 Å². The molecule has 1 nitrogen and oxygen atoms in total. The fourth-order valence-corrected chi connectivity index (χ4v) is 1.23. The van der Waals surface area contributed by atoms with Gasteiger partial charge in [0.05, 0.1) is 6.61 Å². The van der Waals surface area contributed by atoms with Crippen molar-refractivity contribution >= 4 is 0 Å². The summed E-state index contributed by atoms with van der Waals surface area (Å²) in [4.78, 5) is 0. The van der Waals surface area contributed by atoms with Crippen LogP contribution in [0, 0.1) is 0 Å². The zero-order chi connectivity index (χ0) is 8.49. The Morgan fingerprint density at radius 3 is 2.25 bits per heavy atom. The van der Waals surface area contributed by atoms with Gasteiger partial charge in [-0.05, 0) is 32.1 Å². The summed E-state index contributed by atoms with van der Waals surface area (Å²) in [5.41, 5.74) is 0. The Kier molecular flexibility index (Phi) is 5.64. The summed E-state index contributed by atoms with van der Waals surface area (Å²) in [6.07, 6.45) is 14.9. The SMILES string of the molecule is C1=CCCCOCC=CCCC1. The Morgan fingerprint density at radius 2 is 1.42 bits per heavy atom. The van der Waals surface area contributed by atoms with Gasteiger partial charge in [-0.2, -0.15) is 0 Å². The van der Waals surface area contributed by atoms with Gasteiger partial charge in [-0.1, -0.05) is 24.3 Å². The fraction of sp³-hybridized carbons (Fsp3) is 0.636. The van der Waals surface area contributed by atoms with E-state index in [9.17, 15) is 0 Å². The van der Waals surface area contributed by atoms with E-state index >= 15 is 0 Å². The van der Waals surface area contributed by atoms with E-state index in [4.69, 9.17) is 4.74 Å². The predicted molar refractivity (Wildman–Crippen MR) is 52.2 cm³/mol. The van der Waals surface area contributed by atoms with Gasteiger partial charge in [-0.15, -0.1) is 0 Å². The van der Waals surface area contributed by atoms with E-state index in [0.29, 0.717) is 0 Å². The van der Waals surface area contributed by atoms with E-state index in [1.54, 1.807) is 0 Å². The molecule has 1 aliphatic rings. The molecule has 1 heterocycles. The molecule has 0 bridgehead atoms. The van der Waals surface area contributed by atoms with Gasteiger partial charge in [0.2, 0.25) is 0 Å². The molecule has 0 radical (unpaired) electrons. The highest BCUT2D eigenvalue weighted by Crippen LogP contribution is 2.01. The van der Waals surface area contributed by atoms with E-state index in [-0.39, 0.29) is 0 Å². The molecule has 1 heteroatoms. The Bertz CT molecular complexity index is 131. The average molecular weight is 166 g/mol. The van der Waals surface area contributed by atoms with Crippen LogP contribution in [0.1, 0.15) is 32.1 Å². The molecule has 0 N–H and O–H groups in total. The molecule has 0 fully saturated rings. The Labute approximate surface area is 75.1 Å². The van der Waals surface area contributed by atoms with E-state index in [0.717, 1.165) is 19.6 Å². The van der Waals surface area contributed by atoms with Crippen molar-refractivity contribution in [2.45, 2.75) is 32.1 Å². The lowest BCUT2D eigenvalue weighted by Gasteiger charge is -2.00. The maximum atomic E-state index is 5.39. The highest BCUT2D eigenvalue weighted by atomic mass is 16.5. The molecule has 0 unspecified atom stereocenters. The fourth-order valence-electron chi connectivity index (χ4n) is 1.23. The van der Waals surface area contributed by atoms with E-state index < -0.39 is 0 Å². The molecule has 0 spiro atoms. The van der Waals surface area contributed by atoms with Gasteiger partial charge in [0, 0.05) is 6.61 Å². The molecule has 0 aromatic rings. The van der Waals surface area contributed by atoms with Crippen molar-refractivity contribution in [1.82, 2.24) is 0 Å². The molecule has 0 aromatic heterocycles.